The van der Waals surface area contributed by atoms with E-state index in [1.807, 2.05) is 34.1 Å². The summed E-state index contributed by atoms with van der Waals surface area (Å²) in [6.45, 7) is 5.65. The van der Waals surface area contributed by atoms with E-state index in [-0.39, 0.29) is 17.7 Å². The van der Waals surface area contributed by atoms with Crippen molar-refractivity contribution >= 4 is 11.8 Å². The molecule has 2 aliphatic heterocycles. The number of rotatable bonds is 4. The molecule has 0 atom stereocenters. The Kier molecular flexibility index (Phi) is 5.63. The Labute approximate surface area is 166 Å². The van der Waals surface area contributed by atoms with Gasteiger partial charge in [-0.25, -0.2) is 0 Å². The van der Waals surface area contributed by atoms with E-state index in [1.165, 1.54) is 5.56 Å². The molecule has 2 heterocycles. The highest BCUT2D eigenvalue weighted by atomic mass is 16.2. The molecule has 1 aromatic rings. The number of hydrogen-bond acceptors (Lipinski definition) is 4. The van der Waals surface area contributed by atoms with Gasteiger partial charge in [-0.05, 0) is 43.4 Å². The third kappa shape index (κ3) is 4.36. The van der Waals surface area contributed by atoms with Gasteiger partial charge in [0.25, 0.3) is 0 Å². The normalized spacial score (nSPS) is 21.4. The van der Waals surface area contributed by atoms with Crippen molar-refractivity contribution in [1.29, 1.82) is 5.26 Å². The maximum Gasteiger partial charge on any atom is 0.225 e. The van der Waals surface area contributed by atoms with Gasteiger partial charge in [0.05, 0.1) is 11.6 Å². The molecule has 6 heteroatoms. The Morgan fingerprint density at radius 1 is 0.821 bits per heavy atom. The van der Waals surface area contributed by atoms with E-state index in [0.717, 1.165) is 71.5 Å². The highest BCUT2D eigenvalue weighted by molar-refractivity contribution is 5.82. The van der Waals surface area contributed by atoms with Crippen LogP contribution in [-0.4, -0.2) is 65.8 Å². The Morgan fingerprint density at radius 3 is 1.89 bits per heavy atom. The van der Waals surface area contributed by atoms with Crippen molar-refractivity contribution < 1.29 is 9.59 Å². The molecule has 4 rings (SSSR count). The summed E-state index contributed by atoms with van der Waals surface area (Å²) in [4.78, 5) is 31.4. The van der Waals surface area contributed by atoms with E-state index in [1.54, 1.807) is 0 Å². The number of piperidine rings is 1. The highest BCUT2D eigenvalue weighted by Crippen LogP contribution is 2.32. The van der Waals surface area contributed by atoms with Crippen molar-refractivity contribution in [2.24, 2.45) is 11.8 Å². The predicted molar refractivity (Wildman–Crippen MR) is 105 cm³/mol. The molecule has 2 saturated heterocycles. The average Bonchev–Trinajstić information content (AvgIpc) is 3.59. The molecule has 1 aliphatic carbocycles. The summed E-state index contributed by atoms with van der Waals surface area (Å²) in [5.74, 6) is 0.934. The fourth-order valence-corrected chi connectivity index (χ4v) is 4.26. The van der Waals surface area contributed by atoms with Crippen LogP contribution in [0.25, 0.3) is 0 Å². The molecule has 3 fully saturated rings. The fourth-order valence-electron chi connectivity index (χ4n) is 4.26. The van der Waals surface area contributed by atoms with Crippen LogP contribution in [-0.2, 0) is 16.1 Å². The lowest BCUT2D eigenvalue weighted by atomic mass is 9.94. The average molecular weight is 380 g/mol. The quantitative estimate of drug-likeness (QED) is 0.800. The van der Waals surface area contributed by atoms with Gasteiger partial charge in [-0.1, -0.05) is 12.1 Å². The first-order chi connectivity index (χ1) is 13.6. The lowest BCUT2D eigenvalue weighted by Crippen LogP contribution is -2.51. The minimum Gasteiger partial charge on any atom is -0.342 e. The van der Waals surface area contributed by atoms with Crippen molar-refractivity contribution in [2.45, 2.75) is 32.2 Å². The minimum absolute atomic E-state index is 0.0772. The Hall–Kier alpha value is -2.39. The number of likely N-dealkylation sites (tertiary alicyclic amines) is 1. The Balaban J connectivity index is 1.21. The van der Waals surface area contributed by atoms with Gasteiger partial charge in [-0.2, -0.15) is 5.26 Å². The van der Waals surface area contributed by atoms with Gasteiger partial charge in [0.1, 0.15) is 0 Å². The molecule has 6 nitrogen and oxygen atoms in total. The molecule has 0 N–H and O–H groups in total. The SMILES string of the molecule is N#Cc1ccc(CN2CCN(C(=O)C3CCN(C(=O)C4CC4)CC3)CC2)cc1. The molecule has 148 valence electrons. The van der Waals surface area contributed by atoms with Crippen molar-refractivity contribution in [2.75, 3.05) is 39.3 Å². The third-order valence-corrected chi connectivity index (χ3v) is 6.26. The Morgan fingerprint density at radius 2 is 1.36 bits per heavy atom. The number of piperazine rings is 1. The summed E-state index contributed by atoms with van der Waals surface area (Å²) >= 11 is 0. The molecular weight excluding hydrogens is 352 g/mol. The monoisotopic (exact) mass is 380 g/mol. The summed E-state index contributed by atoms with van der Waals surface area (Å²) in [7, 11) is 0. The first kappa shape index (κ1) is 18.9. The number of benzene rings is 1. The van der Waals surface area contributed by atoms with Gasteiger partial charge >= 0.3 is 0 Å². The van der Waals surface area contributed by atoms with E-state index < -0.39 is 0 Å². The second-order valence-electron chi connectivity index (χ2n) is 8.28. The first-order valence-corrected chi connectivity index (χ1v) is 10.4. The molecule has 2 amide bonds. The smallest absolute Gasteiger partial charge is 0.225 e. The van der Waals surface area contributed by atoms with Crippen LogP contribution in [0.15, 0.2) is 24.3 Å². The standard InChI is InChI=1S/C22H28N4O2/c23-15-17-1-3-18(4-2-17)16-24-11-13-26(14-12-24)22(28)20-7-9-25(10-8-20)21(27)19-5-6-19/h1-4,19-20H,5-14,16H2. The zero-order valence-corrected chi connectivity index (χ0v) is 16.3. The number of hydrogen-bond donors (Lipinski definition) is 0. The second-order valence-corrected chi connectivity index (χ2v) is 8.28. The van der Waals surface area contributed by atoms with E-state index in [9.17, 15) is 9.59 Å². The number of amides is 2. The van der Waals surface area contributed by atoms with Crippen molar-refractivity contribution in [3.63, 3.8) is 0 Å². The van der Waals surface area contributed by atoms with E-state index in [0.29, 0.717) is 11.5 Å². The van der Waals surface area contributed by atoms with E-state index >= 15 is 0 Å². The van der Waals surface area contributed by atoms with Crippen LogP contribution in [0.3, 0.4) is 0 Å². The molecule has 0 spiro atoms. The second kappa shape index (κ2) is 8.32. The van der Waals surface area contributed by atoms with Crippen LogP contribution < -0.4 is 0 Å². The molecule has 0 unspecified atom stereocenters. The number of nitriles is 1. The van der Waals surface area contributed by atoms with Crippen LogP contribution in [0.1, 0.15) is 36.8 Å². The van der Waals surface area contributed by atoms with Gasteiger partial charge in [0.2, 0.25) is 11.8 Å². The summed E-state index contributed by atoms with van der Waals surface area (Å²) in [5, 5.41) is 8.89. The summed E-state index contributed by atoms with van der Waals surface area (Å²) < 4.78 is 0. The van der Waals surface area contributed by atoms with Crippen LogP contribution in [0, 0.1) is 23.2 Å². The molecule has 3 aliphatic rings. The highest BCUT2D eigenvalue weighted by Gasteiger charge is 2.37. The number of carbonyl (C=O) groups excluding carboxylic acids is 2. The summed E-state index contributed by atoms with van der Waals surface area (Å²) in [6, 6.07) is 9.87. The summed E-state index contributed by atoms with van der Waals surface area (Å²) in [5.41, 5.74) is 1.88. The van der Waals surface area contributed by atoms with Crippen molar-refractivity contribution in [1.82, 2.24) is 14.7 Å². The molecular formula is C22H28N4O2. The minimum atomic E-state index is 0.0772. The third-order valence-electron chi connectivity index (χ3n) is 6.26. The van der Waals surface area contributed by atoms with Crippen LogP contribution in [0.4, 0.5) is 0 Å². The van der Waals surface area contributed by atoms with Gasteiger partial charge < -0.3 is 9.80 Å². The Bertz CT molecular complexity index is 750. The lowest BCUT2D eigenvalue weighted by molar-refractivity contribution is -0.142. The van der Waals surface area contributed by atoms with Crippen molar-refractivity contribution in [3.05, 3.63) is 35.4 Å². The van der Waals surface area contributed by atoms with Gasteiger partial charge in [0, 0.05) is 57.6 Å². The van der Waals surface area contributed by atoms with Crippen LogP contribution >= 0.6 is 0 Å². The zero-order chi connectivity index (χ0) is 19.5. The topological polar surface area (TPSA) is 67.7 Å². The van der Waals surface area contributed by atoms with E-state index in [2.05, 4.69) is 11.0 Å². The maximum atomic E-state index is 12.9. The lowest BCUT2D eigenvalue weighted by Gasteiger charge is -2.38. The molecule has 0 bridgehead atoms. The number of nitrogens with zero attached hydrogens (tertiary/aromatic N) is 4. The van der Waals surface area contributed by atoms with Gasteiger partial charge in [0.15, 0.2) is 0 Å². The summed E-state index contributed by atoms with van der Waals surface area (Å²) in [6.07, 6.45) is 3.71. The zero-order valence-electron chi connectivity index (χ0n) is 16.3. The molecule has 1 aromatic carbocycles. The fraction of sp³-hybridized carbons (Fsp3) is 0.591. The maximum absolute atomic E-state index is 12.9. The molecule has 28 heavy (non-hydrogen) atoms. The van der Waals surface area contributed by atoms with Crippen LogP contribution in [0.5, 0.6) is 0 Å². The number of carbonyl (C=O) groups is 2. The predicted octanol–water partition coefficient (Wildman–Crippen LogP) is 1.85. The molecule has 0 radical (unpaired) electrons. The largest absolute Gasteiger partial charge is 0.342 e. The van der Waals surface area contributed by atoms with Gasteiger partial charge in [-0.3, -0.25) is 14.5 Å². The van der Waals surface area contributed by atoms with E-state index in [4.69, 9.17) is 5.26 Å². The molecule has 1 saturated carbocycles. The van der Waals surface area contributed by atoms with Gasteiger partial charge in [-0.15, -0.1) is 0 Å². The molecule has 0 aromatic heterocycles. The first-order valence-electron chi connectivity index (χ1n) is 10.4. The van der Waals surface area contributed by atoms with Crippen LogP contribution in [0.2, 0.25) is 0 Å². The van der Waals surface area contributed by atoms with Crippen molar-refractivity contribution in [3.8, 4) is 6.07 Å².